The molecule has 0 spiro atoms. The molecule has 1 N–H and O–H groups in total. The quantitative estimate of drug-likeness (QED) is 0.653. The average molecular weight is 352 g/mol. The van der Waals surface area contributed by atoms with E-state index in [1.807, 2.05) is 30.1 Å². The number of amides is 1. The number of anilines is 1. The molecule has 3 aromatic heterocycles. The molecule has 134 valence electrons. The topological polar surface area (TPSA) is 93.2 Å². The first-order chi connectivity index (χ1) is 12.7. The molecule has 1 amide bonds. The number of hydrogen-bond acceptors (Lipinski definition) is 6. The second kappa shape index (κ2) is 5.79. The molecule has 26 heavy (non-hydrogen) atoms. The van der Waals surface area contributed by atoms with E-state index >= 15 is 0 Å². The molecular formula is C17H20N8O. The Bertz CT molecular complexity index is 976. The molecule has 2 aliphatic rings. The van der Waals surface area contributed by atoms with Gasteiger partial charge in [-0.3, -0.25) is 9.48 Å². The van der Waals surface area contributed by atoms with Crippen molar-refractivity contribution >= 4 is 17.4 Å². The van der Waals surface area contributed by atoms with Gasteiger partial charge in [-0.1, -0.05) is 5.21 Å². The fraction of sp³-hybridized carbons (Fsp3) is 0.471. The van der Waals surface area contributed by atoms with Crippen molar-refractivity contribution in [3.63, 3.8) is 0 Å². The van der Waals surface area contributed by atoms with Gasteiger partial charge in [0.05, 0.1) is 18.4 Å². The average Bonchev–Trinajstić information content (AvgIpc) is 3.36. The van der Waals surface area contributed by atoms with Crippen molar-refractivity contribution in [3.8, 4) is 0 Å². The summed E-state index contributed by atoms with van der Waals surface area (Å²) in [6.07, 6.45) is 8.34. The van der Waals surface area contributed by atoms with Crippen molar-refractivity contribution in [2.75, 3.05) is 11.4 Å². The second-order valence-corrected chi connectivity index (χ2v) is 7.03. The summed E-state index contributed by atoms with van der Waals surface area (Å²) < 4.78 is 3.51. The maximum absolute atomic E-state index is 12.7. The lowest BCUT2D eigenvalue weighted by molar-refractivity contribution is 0.0938. The van der Waals surface area contributed by atoms with Gasteiger partial charge in [-0.2, -0.15) is 5.10 Å². The molecule has 1 fully saturated rings. The number of hydrogen-bond donors (Lipinski definition) is 1. The summed E-state index contributed by atoms with van der Waals surface area (Å²) >= 11 is 0. The van der Waals surface area contributed by atoms with E-state index in [4.69, 9.17) is 4.98 Å². The van der Waals surface area contributed by atoms with Gasteiger partial charge >= 0.3 is 0 Å². The normalized spacial score (nSPS) is 23.1. The number of carbonyl (C=O) groups excluding carboxylic acids is 1. The van der Waals surface area contributed by atoms with Crippen LogP contribution < -0.4 is 10.2 Å². The molecular weight excluding hydrogens is 332 g/mol. The first kappa shape index (κ1) is 15.3. The summed E-state index contributed by atoms with van der Waals surface area (Å²) in [6.45, 7) is 3.62. The maximum atomic E-state index is 12.7. The van der Waals surface area contributed by atoms with Crippen LogP contribution in [-0.4, -0.2) is 48.1 Å². The third-order valence-electron chi connectivity index (χ3n) is 5.21. The van der Waals surface area contributed by atoms with Crippen molar-refractivity contribution in [3.05, 3.63) is 35.9 Å². The molecule has 0 unspecified atom stereocenters. The lowest BCUT2D eigenvalue weighted by Gasteiger charge is -2.24. The van der Waals surface area contributed by atoms with Crippen LogP contribution in [0.15, 0.2) is 24.7 Å². The van der Waals surface area contributed by atoms with Gasteiger partial charge in [-0.25, -0.2) is 9.50 Å². The van der Waals surface area contributed by atoms with Gasteiger partial charge in [0.15, 0.2) is 5.65 Å². The van der Waals surface area contributed by atoms with Gasteiger partial charge in [-0.15, -0.1) is 5.10 Å². The van der Waals surface area contributed by atoms with Crippen molar-refractivity contribution in [2.24, 2.45) is 0 Å². The molecule has 2 aliphatic heterocycles. The van der Waals surface area contributed by atoms with Crippen LogP contribution in [0, 0.1) is 0 Å². The number of carbonyl (C=O) groups is 1. The number of nitrogens with zero attached hydrogens (tertiary/aromatic N) is 7. The van der Waals surface area contributed by atoms with E-state index in [1.165, 1.54) is 0 Å². The van der Waals surface area contributed by atoms with Crippen LogP contribution in [0.1, 0.15) is 48.3 Å². The van der Waals surface area contributed by atoms with E-state index in [2.05, 4.69) is 25.6 Å². The summed E-state index contributed by atoms with van der Waals surface area (Å²) in [4.78, 5) is 19.7. The van der Waals surface area contributed by atoms with E-state index in [-0.39, 0.29) is 18.0 Å². The summed E-state index contributed by atoms with van der Waals surface area (Å²) in [7, 11) is 0. The smallest absolute Gasteiger partial charge is 0.256 e. The largest absolute Gasteiger partial charge is 0.349 e. The Morgan fingerprint density at radius 3 is 3.12 bits per heavy atom. The molecule has 0 radical (unpaired) electrons. The first-order valence-corrected chi connectivity index (χ1v) is 9.01. The van der Waals surface area contributed by atoms with E-state index in [1.54, 1.807) is 10.7 Å². The molecule has 4 bridgehead atoms. The summed E-state index contributed by atoms with van der Waals surface area (Å²) in [5, 5.41) is 16.0. The summed E-state index contributed by atoms with van der Waals surface area (Å²) in [5.41, 5.74) is 2.06. The fourth-order valence-corrected chi connectivity index (χ4v) is 3.80. The minimum atomic E-state index is -0.147. The number of nitrogens with one attached hydrogen (secondary N) is 1. The van der Waals surface area contributed by atoms with Gasteiger partial charge in [0.25, 0.3) is 5.91 Å². The van der Waals surface area contributed by atoms with E-state index in [0.717, 1.165) is 37.3 Å². The Balaban J connectivity index is 1.65. The van der Waals surface area contributed by atoms with Crippen LogP contribution >= 0.6 is 0 Å². The molecule has 0 aromatic carbocycles. The standard InChI is InChI=1S/C17H20N8O/c1-11-4-7-23-10-13(21-22-23)14-3-2-6-24(14)15-5-8-25-16(20-15)12(9-18-25)17(26)19-11/h5,8-11,14H,2-4,6-7H2,1H3,(H,19,26)/t11-,14+/m1/s1. The monoisotopic (exact) mass is 352 g/mol. The van der Waals surface area contributed by atoms with Gasteiger partial charge in [0.1, 0.15) is 17.1 Å². The minimum absolute atomic E-state index is 0.0132. The SMILES string of the molecule is C[C@@H]1CCn2cc(nn2)[C@@H]2CCCN2c2ccn3ncc(c3n2)C(=O)N1. The Morgan fingerprint density at radius 2 is 2.19 bits per heavy atom. The molecule has 5 rings (SSSR count). The molecule has 5 heterocycles. The summed E-state index contributed by atoms with van der Waals surface area (Å²) in [5.74, 6) is 0.695. The molecule has 1 saturated heterocycles. The Hall–Kier alpha value is -2.97. The molecule has 9 heteroatoms. The van der Waals surface area contributed by atoms with Crippen LogP contribution in [0.3, 0.4) is 0 Å². The van der Waals surface area contributed by atoms with Gasteiger partial charge in [-0.05, 0) is 32.3 Å². The highest BCUT2D eigenvalue weighted by Gasteiger charge is 2.30. The maximum Gasteiger partial charge on any atom is 0.256 e. The van der Waals surface area contributed by atoms with E-state index < -0.39 is 0 Å². The highest BCUT2D eigenvalue weighted by atomic mass is 16.1. The molecule has 0 saturated carbocycles. The molecule has 9 nitrogen and oxygen atoms in total. The summed E-state index contributed by atoms with van der Waals surface area (Å²) in [6, 6.07) is 2.12. The molecule has 3 aromatic rings. The second-order valence-electron chi connectivity index (χ2n) is 7.03. The Kier molecular flexibility index (Phi) is 3.41. The van der Waals surface area contributed by atoms with E-state index in [9.17, 15) is 4.79 Å². The zero-order chi connectivity index (χ0) is 17.7. The van der Waals surface area contributed by atoms with Crippen LogP contribution in [0.25, 0.3) is 5.65 Å². The van der Waals surface area contributed by atoms with Crippen molar-refractivity contribution in [1.29, 1.82) is 0 Å². The predicted octanol–water partition coefficient (Wildman–Crippen LogP) is 1.18. The Morgan fingerprint density at radius 1 is 1.27 bits per heavy atom. The first-order valence-electron chi connectivity index (χ1n) is 9.01. The van der Waals surface area contributed by atoms with Crippen molar-refractivity contribution in [1.82, 2.24) is 34.9 Å². The number of fused-ring (bicyclic) bond motifs is 6. The number of aromatic nitrogens is 6. The third-order valence-corrected chi connectivity index (χ3v) is 5.21. The third kappa shape index (κ3) is 2.42. The zero-order valence-corrected chi connectivity index (χ0v) is 14.5. The van der Waals surface area contributed by atoms with Crippen molar-refractivity contribution in [2.45, 2.75) is 44.8 Å². The lowest BCUT2D eigenvalue weighted by atomic mass is 10.1. The highest BCUT2D eigenvalue weighted by molar-refractivity contribution is 5.99. The zero-order valence-electron chi connectivity index (χ0n) is 14.5. The highest BCUT2D eigenvalue weighted by Crippen LogP contribution is 2.34. The van der Waals surface area contributed by atoms with Gasteiger partial charge in [0, 0.05) is 25.3 Å². The molecule has 0 aliphatic carbocycles. The van der Waals surface area contributed by atoms with Gasteiger partial charge in [0.2, 0.25) is 0 Å². The molecule has 2 atom stereocenters. The predicted molar refractivity (Wildman–Crippen MR) is 93.9 cm³/mol. The minimum Gasteiger partial charge on any atom is -0.349 e. The van der Waals surface area contributed by atoms with E-state index in [0.29, 0.717) is 17.8 Å². The van der Waals surface area contributed by atoms with Crippen LogP contribution in [0.4, 0.5) is 5.82 Å². The lowest BCUT2D eigenvalue weighted by Crippen LogP contribution is -2.33. The van der Waals surface area contributed by atoms with Crippen molar-refractivity contribution < 1.29 is 4.79 Å². The fourth-order valence-electron chi connectivity index (χ4n) is 3.80. The van der Waals surface area contributed by atoms with Crippen LogP contribution in [-0.2, 0) is 6.54 Å². The van der Waals surface area contributed by atoms with Crippen LogP contribution in [0.5, 0.6) is 0 Å². The Labute approximate surface area is 150 Å². The van der Waals surface area contributed by atoms with Crippen LogP contribution in [0.2, 0.25) is 0 Å². The number of aryl methyl sites for hydroxylation is 1. The van der Waals surface area contributed by atoms with Gasteiger partial charge < -0.3 is 10.2 Å². The number of rotatable bonds is 0.